The van der Waals surface area contributed by atoms with Crippen molar-refractivity contribution in [2.75, 3.05) is 13.1 Å². The van der Waals surface area contributed by atoms with Crippen LogP contribution in [0.5, 0.6) is 5.75 Å². The van der Waals surface area contributed by atoms with Crippen LogP contribution in [0.3, 0.4) is 0 Å². The van der Waals surface area contributed by atoms with Crippen molar-refractivity contribution in [2.24, 2.45) is 10.8 Å². The minimum absolute atomic E-state index is 0.0944. The molecule has 1 saturated heterocycles. The molecule has 2 N–H and O–H groups in total. The molecular formula is C20H16ClF3N4O3. The maximum absolute atomic E-state index is 14.0. The highest BCUT2D eigenvalue weighted by atomic mass is 35.5. The van der Waals surface area contributed by atoms with Crippen molar-refractivity contribution in [1.29, 1.82) is 0 Å². The summed E-state index contributed by atoms with van der Waals surface area (Å²) >= 11 is 5.87. The molecule has 0 radical (unpaired) electrons. The molecule has 11 heteroatoms. The minimum Gasteiger partial charge on any atom is -0.487 e. The summed E-state index contributed by atoms with van der Waals surface area (Å²) in [7, 11) is 0. The van der Waals surface area contributed by atoms with Crippen LogP contribution in [-0.2, 0) is 0 Å². The molecule has 31 heavy (non-hydrogen) atoms. The van der Waals surface area contributed by atoms with Gasteiger partial charge in [-0.05, 0) is 23.8 Å². The van der Waals surface area contributed by atoms with E-state index in [0.29, 0.717) is 12.0 Å². The number of nitrogens with zero attached hydrogens (tertiary/aromatic N) is 3. The van der Waals surface area contributed by atoms with Gasteiger partial charge in [0.1, 0.15) is 29.3 Å². The molecule has 0 saturated carbocycles. The average Bonchev–Trinajstić information content (AvgIpc) is 3.12. The molecule has 3 amide bonds. The van der Waals surface area contributed by atoms with Gasteiger partial charge in [-0.3, -0.25) is 4.79 Å². The standard InChI is InChI=1S/C20H16ClF3N4O3/c21-15-6-13(7-16(24)18(15)19(25)29)31-14-8-27(9-14)20(30)28-17(1-2-26-28)10-3-11(22)5-12(23)4-10/h2-7,14,17H,1,8-9H2,(H2,25,29). The first-order chi connectivity index (χ1) is 14.7. The molecule has 0 bridgehead atoms. The average molecular weight is 453 g/mol. The lowest BCUT2D eigenvalue weighted by Gasteiger charge is -2.41. The van der Waals surface area contributed by atoms with E-state index in [-0.39, 0.29) is 23.9 Å². The van der Waals surface area contributed by atoms with Gasteiger partial charge in [0.05, 0.1) is 29.7 Å². The molecule has 4 rings (SSSR count). The summed E-state index contributed by atoms with van der Waals surface area (Å²) in [5, 5.41) is 5.03. The first-order valence-electron chi connectivity index (χ1n) is 9.25. The summed E-state index contributed by atoms with van der Waals surface area (Å²) in [6.45, 7) is 0.373. The number of ether oxygens (including phenoxy) is 1. The highest BCUT2D eigenvalue weighted by molar-refractivity contribution is 6.34. The van der Waals surface area contributed by atoms with Gasteiger partial charge < -0.3 is 15.4 Å². The summed E-state index contributed by atoms with van der Waals surface area (Å²) < 4.78 is 46.7. The Morgan fingerprint density at radius 3 is 2.39 bits per heavy atom. The largest absolute Gasteiger partial charge is 0.487 e. The Morgan fingerprint density at radius 2 is 1.77 bits per heavy atom. The van der Waals surface area contributed by atoms with E-state index in [1.807, 2.05) is 0 Å². The molecule has 2 aliphatic rings. The zero-order valence-corrected chi connectivity index (χ0v) is 16.7. The van der Waals surface area contributed by atoms with E-state index >= 15 is 0 Å². The van der Waals surface area contributed by atoms with E-state index in [0.717, 1.165) is 12.1 Å². The Kier molecular flexibility index (Phi) is 5.48. The van der Waals surface area contributed by atoms with E-state index in [4.69, 9.17) is 22.1 Å². The van der Waals surface area contributed by atoms with E-state index < -0.39 is 47.1 Å². The van der Waals surface area contributed by atoms with E-state index in [2.05, 4.69) is 5.10 Å². The highest BCUT2D eigenvalue weighted by Crippen LogP contribution is 2.32. The number of carbonyl (C=O) groups is 2. The van der Waals surface area contributed by atoms with Crippen molar-refractivity contribution in [3.8, 4) is 5.75 Å². The second-order valence-electron chi connectivity index (χ2n) is 7.15. The first kappa shape index (κ1) is 21.0. The molecule has 2 aromatic rings. The van der Waals surface area contributed by atoms with Gasteiger partial charge in [0, 0.05) is 24.8 Å². The van der Waals surface area contributed by atoms with Gasteiger partial charge in [-0.1, -0.05) is 11.6 Å². The zero-order valence-electron chi connectivity index (χ0n) is 15.9. The molecule has 0 aromatic heterocycles. The lowest BCUT2D eigenvalue weighted by Crippen LogP contribution is -2.58. The minimum atomic E-state index is -0.992. The van der Waals surface area contributed by atoms with Crippen molar-refractivity contribution in [2.45, 2.75) is 18.6 Å². The number of nitrogens with two attached hydrogens (primary N) is 1. The number of hydrazone groups is 1. The predicted molar refractivity (Wildman–Crippen MR) is 105 cm³/mol. The van der Waals surface area contributed by atoms with Gasteiger partial charge in [0.15, 0.2) is 0 Å². The Balaban J connectivity index is 1.39. The Hall–Kier alpha value is -3.27. The highest BCUT2D eigenvalue weighted by Gasteiger charge is 2.39. The fraction of sp³-hybridized carbons (Fsp3) is 0.250. The van der Waals surface area contributed by atoms with Gasteiger partial charge in [-0.2, -0.15) is 5.10 Å². The number of likely N-dealkylation sites (tertiary alicyclic amines) is 1. The van der Waals surface area contributed by atoms with Crippen LogP contribution < -0.4 is 10.5 Å². The third-order valence-electron chi connectivity index (χ3n) is 4.98. The van der Waals surface area contributed by atoms with Gasteiger partial charge in [-0.25, -0.2) is 23.0 Å². The van der Waals surface area contributed by atoms with Crippen LogP contribution in [0.15, 0.2) is 35.4 Å². The third kappa shape index (κ3) is 4.15. The molecule has 0 aliphatic carbocycles. The molecule has 1 unspecified atom stereocenters. The summed E-state index contributed by atoms with van der Waals surface area (Å²) in [5.41, 5.74) is 4.96. The molecule has 2 heterocycles. The van der Waals surface area contributed by atoms with Crippen LogP contribution in [0.1, 0.15) is 28.4 Å². The number of primary amides is 1. The Morgan fingerprint density at radius 1 is 1.10 bits per heavy atom. The number of carbonyl (C=O) groups excluding carboxylic acids is 2. The van der Waals surface area contributed by atoms with Crippen LogP contribution in [0.4, 0.5) is 18.0 Å². The second kappa shape index (κ2) is 8.10. The second-order valence-corrected chi connectivity index (χ2v) is 7.56. The fourth-order valence-corrected chi connectivity index (χ4v) is 3.79. The fourth-order valence-electron chi connectivity index (χ4n) is 3.50. The van der Waals surface area contributed by atoms with Crippen LogP contribution in [-0.4, -0.2) is 47.3 Å². The molecule has 0 spiro atoms. The number of hydrogen-bond donors (Lipinski definition) is 1. The molecule has 1 fully saturated rings. The van der Waals surface area contributed by atoms with Crippen molar-refractivity contribution < 1.29 is 27.5 Å². The van der Waals surface area contributed by atoms with Crippen LogP contribution in [0.2, 0.25) is 5.02 Å². The van der Waals surface area contributed by atoms with Gasteiger partial charge in [0.25, 0.3) is 5.91 Å². The third-order valence-corrected chi connectivity index (χ3v) is 5.28. The van der Waals surface area contributed by atoms with E-state index in [1.54, 1.807) is 0 Å². The first-order valence-corrected chi connectivity index (χ1v) is 9.63. The topological polar surface area (TPSA) is 88.2 Å². The molecular weight excluding hydrogens is 437 g/mol. The van der Waals surface area contributed by atoms with Crippen LogP contribution in [0.25, 0.3) is 0 Å². The molecule has 2 aliphatic heterocycles. The molecule has 2 aromatic carbocycles. The maximum Gasteiger partial charge on any atom is 0.341 e. The zero-order chi connectivity index (χ0) is 22.3. The summed E-state index contributed by atoms with van der Waals surface area (Å²) in [6.07, 6.45) is 1.40. The van der Waals surface area contributed by atoms with Gasteiger partial charge >= 0.3 is 6.03 Å². The van der Waals surface area contributed by atoms with E-state index in [9.17, 15) is 22.8 Å². The van der Waals surface area contributed by atoms with Crippen molar-refractivity contribution in [3.05, 3.63) is 63.9 Å². The normalized spacial score (nSPS) is 18.3. The molecule has 7 nitrogen and oxygen atoms in total. The van der Waals surface area contributed by atoms with Crippen LogP contribution in [0, 0.1) is 17.5 Å². The lowest BCUT2D eigenvalue weighted by molar-refractivity contribution is 0.0275. The maximum atomic E-state index is 14.0. The number of benzene rings is 2. The SMILES string of the molecule is NC(=O)c1c(F)cc(OC2CN(C(=O)N3N=CCC3c3cc(F)cc(F)c3)C2)cc1Cl. The van der Waals surface area contributed by atoms with Gasteiger partial charge in [-0.15, -0.1) is 0 Å². The smallest absolute Gasteiger partial charge is 0.341 e. The van der Waals surface area contributed by atoms with Crippen molar-refractivity contribution in [3.63, 3.8) is 0 Å². The van der Waals surface area contributed by atoms with Crippen molar-refractivity contribution in [1.82, 2.24) is 9.91 Å². The number of amides is 3. The number of halogens is 4. The Labute approximate surface area is 179 Å². The van der Waals surface area contributed by atoms with Gasteiger partial charge in [0.2, 0.25) is 0 Å². The summed E-state index contributed by atoms with van der Waals surface area (Å²) in [4.78, 5) is 25.4. The molecule has 1 atom stereocenters. The predicted octanol–water partition coefficient (Wildman–Crippen LogP) is 3.47. The quantitative estimate of drug-likeness (QED) is 0.770. The van der Waals surface area contributed by atoms with Crippen molar-refractivity contribution >= 4 is 29.8 Å². The number of rotatable bonds is 4. The Bertz CT molecular complexity index is 1050. The number of urea groups is 1. The summed E-state index contributed by atoms with van der Waals surface area (Å²) in [6, 6.07) is 4.29. The lowest BCUT2D eigenvalue weighted by atomic mass is 10.0. The number of hydrogen-bond acceptors (Lipinski definition) is 4. The monoisotopic (exact) mass is 452 g/mol. The molecule has 162 valence electrons. The van der Waals surface area contributed by atoms with Crippen LogP contribution >= 0.6 is 11.6 Å². The van der Waals surface area contributed by atoms with E-state index in [1.165, 1.54) is 34.3 Å². The summed E-state index contributed by atoms with van der Waals surface area (Å²) in [5.74, 6) is -3.27.